The standard InChI is InChI=1S/C19H30BrN3O2S/c1-18(2,3)26(25)22-16(17-10-15(20)8-9-21-17)7-6-14-11-19(4,5)23(12-14)13-24/h8-10,13-14,16,22H,6-7,11-12H2,1-5H3. The highest BCUT2D eigenvalue weighted by Gasteiger charge is 2.37. The van der Waals surface area contributed by atoms with E-state index in [1.165, 1.54) is 0 Å². The van der Waals surface area contributed by atoms with E-state index >= 15 is 0 Å². The topological polar surface area (TPSA) is 62.3 Å². The van der Waals surface area contributed by atoms with Crippen molar-refractivity contribution >= 4 is 33.3 Å². The van der Waals surface area contributed by atoms with Crippen LogP contribution in [0.1, 0.15) is 65.6 Å². The summed E-state index contributed by atoms with van der Waals surface area (Å²) in [5, 5.41) is 0. The molecule has 1 N–H and O–H groups in total. The molecule has 1 aliphatic rings. The third-order valence-corrected chi connectivity index (χ3v) is 7.02. The Bertz CT molecular complexity index is 660. The summed E-state index contributed by atoms with van der Waals surface area (Å²) in [6.07, 6.45) is 5.51. The van der Waals surface area contributed by atoms with E-state index in [0.717, 1.165) is 42.4 Å². The molecule has 0 spiro atoms. The van der Waals surface area contributed by atoms with Gasteiger partial charge in [-0.25, -0.2) is 8.93 Å². The highest BCUT2D eigenvalue weighted by atomic mass is 79.9. The fourth-order valence-corrected chi connectivity index (χ4v) is 4.58. The van der Waals surface area contributed by atoms with Crippen molar-refractivity contribution in [3.8, 4) is 0 Å². The Morgan fingerprint density at radius 3 is 2.73 bits per heavy atom. The predicted molar refractivity (Wildman–Crippen MR) is 110 cm³/mol. The molecular weight excluding hydrogens is 414 g/mol. The van der Waals surface area contributed by atoms with Crippen molar-refractivity contribution in [2.75, 3.05) is 6.54 Å². The van der Waals surface area contributed by atoms with Gasteiger partial charge in [0, 0.05) is 22.8 Å². The van der Waals surface area contributed by atoms with E-state index < -0.39 is 11.0 Å². The molecule has 146 valence electrons. The number of amides is 1. The van der Waals surface area contributed by atoms with Gasteiger partial charge in [0.2, 0.25) is 6.41 Å². The SMILES string of the molecule is CC1(C)CC(CCC(NS(=O)C(C)(C)C)c2cc(Br)ccn2)CN1C=O. The van der Waals surface area contributed by atoms with Gasteiger partial charge in [-0.3, -0.25) is 9.78 Å². The summed E-state index contributed by atoms with van der Waals surface area (Å²) >= 11 is 3.50. The Morgan fingerprint density at radius 2 is 2.19 bits per heavy atom. The minimum atomic E-state index is -1.17. The first-order valence-electron chi connectivity index (χ1n) is 9.04. The zero-order valence-corrected chi connectivity index (χ0v) is 18.7. The molecule has 3 unspecified atom stereocenters. The smallest absolute Gasteiger partial charge is 0.210 e. The normalized spacial score (nSPS) is 22.2. The van der Waals surface area contributed by atoms with Crippen molar-refractivity contribution in [1.82, 2.24) is 14.6 Å². The van der Waals surface area contributed by atoms with Gasteiger partial charge >= 0.3 is 0 Å². The number of halogens is 1. The summed E-state index contributed by atoms with van der Waals surface area (Å²) < 4.78 is 16.5. The lowest BCUT2D eigenvalue weighted by molar-refractivity contribution is -0.120. The minimum Gasteiger partial charge on any atom is -0.340 e. The number of likely N-dealkylation sites (tertiary alicyclic amines) is 1. The van der Waals surface area contributed by atoms with Gasteiger partial charge in [-0.2, -0.15) is 0 Å². The van der Waals surface area contributed by atoms with Crippen LogP contribution in [0.5, 0.6) is 0 Å². The van der Waals surface area contributed by atoms with E-state index in [1.54, 1.807) is 6.20 Å². The monoisotopic (exact) mass is 443 g/mol. The second kappa shape index (κ2) is 8.48. The van der Waals surface area contributed by atoms with E-state index in [0.29, 0.717) is 5.92 Å². The van der Waals surface area contributed by atoms with Crippen LogP contribution in [-0.2, 0) is 15.8 Å². The fourth-order valence-electron chi connectivity index (χ4n) is 3.38. The van der Waals surface area contributed by atoms with Gasteiger partial charge in [0.25, 0.3) is 0 Å². The van der Waals surface area contributed by atoms with Gasteiger partial charge in [0.05, 0.1) is 27.5 Å². The van der Waals surface area contributed by atoms with E-state index in [4.69, 9.17) is 0 Å². The molecule has 3 atom stereocenters. The third kappa shape index (κ3) is 5.60. The van der Waals surface area contributed by atoms with Gasteiger partial charge < -0.3 is 4.90 Å². The van der Waals surface area contributed by atoms with Crippen molar-refractivity contribution in [3.63, 3.8) is 0 Å². The number of carbonyl (C=O) groups excluding carboxylic acids is 1. The summed E-state index contributed by atoms with van der Waals surface area (Å²) in [6.45, 7) is 10.9. The molecular formula is C19H30BrN3O2S. The van der Waals surface area contributed by atoms with E-state index in [9.17, 15) is 9.00 Å². The largest absolute Gasteiger partial charge is 0.340 e. The zero-order valence-electron chi connectivity index (χ0n) is 16.3. The lowest BCUT2D eigenvalue weighted by Crippen LogP contribution is -2.36. The van der Waals surface area contributed by atoms with Crippen molar-refractivity contribution in [1.29, 1.82) is 0 Å². The van der Waals surface area contributed by atoms with E-state index in [1.807, 2.05) is 37.8 Å². The first kappa shape index (κ1) is 21.5. The fraction of sp³-hybridized carbons (Fsp3) is 0.684. The van der Waals surface area contributed by atoms with Crippen LogP contribution in [0.3, 0.4) is 0 Å². The molecule has 1 saturated heterocycles. The molecule has 1 amide bonds. The number of rotatable bonds is 7. The number of pyridine rings is 1. The Kier molecular flexibility index (Phi) is 7.02. The van der Waals surface area contributed by atoms with Crippen LogP contribution < -0.4 is 4.72 Å². The first-order chi connectivity index (χ1) is 12.0. The molecule has 1 aromatic heterocycles. The molecule has 0 aliphatic carbocycles. The van der Waals surface area contributed by atoms with Crippen molar-refractivity contribution in [2.45, 2.75) is 70.2 Å². The Balaban J connectivity index is 2.10. The van der Waals surface area contributed by atoms with Crippen LogP contribution in [0.15, 0.2) is 22.8 Å². The molecule has 1 fully saturated rings. The maximum absolute atomic E-state index is 12.6. The summed E-state index contributed by atoms with van der Waals surface area (Å²) in [5.74, 6) is 0.453. The number of carbonyl (C=O) groups is 1. The molecule has 1 aliphatic heterocycles. The molecule has 0 bridgehead atoms. The molecule has 2 heterocycles. The first-order valence-corrected chi connectivity index (χ1v) is 11.0. The van der Waals surface area contributed by atoms with Gasteiger partial charge in [-0.1, -0.05) is 15.9 Å². The average Bonchev–Trinajstić information content (AvgIpc) is 2.84. The van der Waals surface area contributed by atoms with Crippen molar-refractivity contribution < 1.29 is 9.00 Å². The lowest BCUT2D eigenvalue weighted by Gasteiger charge is -2.27. The van der Waals surface area contributed by atoms with Gasteiger partial charge in [-0.05, 0) is 71.9 Å². The van der Waals surface area contributed by atoms with E-state index in [-0.39, 0.29) is 16.3 Å². The van der Waals surface area contributed by atoms with Crippen molar-refractivity contribution in [3.05, 3.63) is 28.5 Å². The summed E-state index contributed by atoms with van der Waals surface area (Å²) in [6, 6.07) is 3.79. The minimum absolute atomic E-state index is 0.0825. The Labute approximate surface area is 168 Å². The van der Waals surface area contributed by atoms with Crippen LogP contribution in [0, 0.1) is 5.92 Å². The summed E-state index contributed by atoms with van der Waals surface area (Å²) in [4.78, 5) is 17.7. The molecule has 7 heteroatoms. The maximum Gasteiger partial charge on any atom is 0.210 e. The number of nitrogens with one attached hydrogen (secondary N) is 1. The van der Waals surface area contributed by atoms with Gasteiger partial charge in [0.15, 0.2) is 0 Å². The summed E-state index contributed by atoms with van der Waals surface area (Å²) in [5.41, 5.74) is 0.805. The number of aromatic nitrogens is 1. The third-order valence-electron chi connectivity index (χ3n) is 4.92. The highest BCUT2D eigenvalue weighted by molar-refractivity contribution is 9.10. The maximum atomic E-state index is 12.6. The zero-order chi connectivity index (χ0) is 19.5. The van der Waals surface area contributed by atoms with Crippen LogP contribution in [0.2, 0.25) is 0 Å². The Hall–Kier alpha value is -0.790. The Morgan fingerprint density at radius 1 is 1.50 bits per heavy atom. The van der Waals surface area contributed by atoms with Crippen molar-refractivity contribution in [2.24, 2.45) is 5.92 Å². The molecule has 0 saturated carbocycles. The molecule has 1 aromatic rings. The molecule has 0 radical (unpaired) electrons. The quantitative estimate of drug-likeness (QED) is 0.648. The average molecular weight is 444 g/mol. The number of hydrogen-bond acceptors (Lipinski definition) is 3. The van der Waals surface area contributed by atoms with Gasteiger partial charge in [0.1, 0.15) is 0 Å². The second-order valence-corrected chi connectivity index (χ2v) is 11.6. The predicted octanol–water partition coefficient (Wildman–Crippen LogP) is 3.97. The molecule has 2 rings (SSSR count). The van der Waals surface area contributed by atoms with E-state index in [2.05, 4.69) is 39.5 Å². The number of hydrogen-bond donors (Lipinski definition) is 1. The van der Waals surface area contributed by atoms with Crippen LogP contribution in [0.25, 0.3) is 0 Å². The van der Waals surface area contributed by atoms with Crippen LogP contribution >= 0.6 is 15.9 Å². The summed E-state index contributed by atoms with van der Waals surface area (Å²) in [7, 11) is -1.17. The van der Waals surface area contributed by atoms with Crippen LogP contribution in [-0.4, -0.2) is 37.3 Å². The molecule has 26 heavy (non-hydrogen) atoms. The number of nitrogens with zero attached hydrogens (tertiary/aromatic N) is 2. The molecule has 5 nitrogen and oxygen atoms in total. The second-order valence-electron chi connectivity index (χ2n) is 8.67. The lowest BCUT2D eigenvalue weighted by atomic mass is 9.91. The van der Waals surface area contributed by atoms with Crippen LogP contribution in [0.4, 0.5) is 0 Å². The molecule has 0 aromatic carbocycles. The van der Waals surface area contributed by atoms with Gasteiger partial charge in [-0.15, -0.1) is 0 Å². The highest BCUT2D eigenvalue weighted by Crippen LogP contribution is 2.35.